The highest BCUT2D eigenvalue weighted by Gasteiger charge is 2.36. The summed E-state index contributed by atoms with van der Waals surface area (Å²) in [7, 11) is 0. The van der Waals surface area contributed by atoms with Crippen molar-refractivity contribution in [3.63, 3.8) is 0 Å². The summed E-state index contributed by atoms with van der Waals surface area (Å²) in [4.78, 5) is 1.82. The van der Waals surface area contributed by atoms with Crippen molar-refractivity contribution in [2.45, 2.75) is 18.6 Å². The molecule has 0 radical (unpaired) electrons. The lowest BCUT2D eigenvalue weighted by Gasteiger charge is -2.36. The van der Waals surface area contributed by atoms with E-state index in [0.717, 1.165) is 0 Å². The Hall–Kier alpha value is -0.200. The van der Waals surface area contributed by atoms with Gasteiger partial charge in [-0.25, -0.2) is 0 Å². The Labute approximate surface area is 138 Å². The second kappa shape index (κ2) is 7.88. The summed E-state index contributed by atoms with van der Waals surface area (Å²) in [5.41, 5.74) is 0.482. The van der Waals surface area contributed by atoms with E-state index < -0.39 is 18.6 Å². The molecule has 1 saturated heterocycles. The van der Waals surface area contributed by atoms with E-state index in [4.69, 9.17) is 23.2 Å². The van der Waals surface area contributed by atoms with Crippen LogP contribution in [-0.2, 0) is 0 Å². The molecule has 1 N–H and O–H groups in total. The van der Waals surface area contributed by atoms with E-state index in [9.17, 15) is 13.2 Å². The van der Waals surface area contributed by atoms with Gasteiger partial charge in [-0.3, -0.25) is 4.90 Å². The highest BCUT2D eigenvalue weighted by atomic mass is 35.5. The third-order valence-corrected chi connectivity index (χ3v) is 3.90. The van der Waals surface area contributed by atoms with E-state index in [1.54, 1.807) is 12.1 Å². The Balaban J connectivity index is 0.00000220. The minimum atomic E-state index is -4.24. The number of nitrogens with zero attached hydrogens (tertiary/aromatic N) is 1. The largest absolute Gasteiger partial charge is 0.390 e. The van der Waals surface area contributed by atoms with Gasteiger partial charge in [0.05, 0.1) is 6.42 Å². The molecule has 0 aromatic heterocycles. The van der Waals surface area contributed by atoms with Gasteiger partial charge in [0.25, 0.3) is 0 Å². The van der Waals surface area contributed by atoms with Crippen LogP contribution >= 0.6 is 35.6 Å². The lowest BCUT2D eigenvalue weighted by molar-refractivity contribution is -0.148. The van der Waals surface area contributed by atoms with E-state index in [1.165, 1.54) is 6.07 Å². The molecule has 1 aromatic rings. The third-order valence-electron chi connectivity index (χ3n) is 3.34. The monoisotopic (exact) mass is 362 g/mol. The zero-order valence-corrected chi connectivity index (χ0v) is 13.4. The third kappa shape index (κ3) is 5.49. The van der Waals surface area contributed by atoms with Crippen LogP contribution in [-0.4, -0.2) is 37.3 Å². The average molecular weight is 364 g/mol. The average Bonchev–Trinajstić information content (AvgIpc) is 2.36. The molecule has 1 heterocycles. The van der Waals surface area contributed by atoms with Crippen molar-refractivity contribution in [3.8, 4) is 0 Å². The van der Waals surface area contributed by atoms with Gasteiger partial charge in [-0.15, -0.1) is 12.4 Å². The predicted molar refractivity (Wildman–Crippen MR) is 81.6 cm³/mol. The molecule has 2 rings (SSSR count). The van der Waals surface area contributed by atoms with Crippen LogP contribution in [0.15, 0.2) is 18.2 Å². The van der Waals surface area contributed by atoms with Gasteiger partial charge in [0.1, 0.15) is 0 Å². The lowest BCUT2D eigenvalue weighted by Crippen LogP contribution is -2.46. The summed E-state index contributed by atoms with van der Waals surface area (Å²) < 4.78 is 38.5. The summed E-state index contributed by atoms with van der Waals surface area (Å²) in [6.07, 6.45) is -5.15. The first-order chi connectivity index (χ1) is 9.37. The molecule has 1 aliphatic heterocycles. The molecule has 0 aliphatic carbocycles. The molecule has 2 nitrogen and oxygen atoms in total. The molecule has 1 aliphatic rings. The molecule has 0 amide bonds. The number of halogens is 6. The Bertz CT molecular complexity index is 462. The first-order valence-electron chi connectivity index (χ1n) is 6.33. The fourth-order valence-electron chi connectivity index (χ4n) is 2.42. The van der Waals surface area contributed by atoms with Crippen LogP contribution in [0.4, 0.5) is 13.2 Å². The van der Waals surface area contributed by atoms with Crippen molar-refractivity contribution in [1.82, 2.24) is 10.2 Å². The Morgan fingerprint density at radius 2 is 1.81 bits per heavy atom. The Morgan fingerprint density at radius 3 is 2.33 bits per heavy atom. The van der Waals surface area contributed by atoms with Gasteiger partial charge in [0.2, 0.25) is 0 Å². The summed E-state index contributed by atoms with van der Waals surface area (Å²) >= 11 is 11.9. The maximum atomic E-state index is 12.8. The van der Waals surface area contributed by atoms with Crippen molar-refractivity contribution in [1.29, 1.82) is 0 Å². The molecule has 1 atom stereocenters. The highest BCUT2D eigenvalue weighted by Crippen LogP contribution is 2.37. The molecule has 8 heteroatoms. The summed E-state index contributed by atoms with van der Waals surface area (Å²) in [5, 5.41) is 3.83. The van der Waals surface area contributed by atoms with Crippen LogP contribution in [0.1, 0.15) is 18.0 Å². The van der Waals surface area contributed by atoms with E-state index in [2.05, 4.69) is 5.32 Å². The topological polar surface area (TPSA) is 15.3 Å². The highest BCUT2D eigenvalue weighted by molar-refractivity contribution is 6.35. The van der Waals surface area contributed by atoms with Gasteiger partial charge >= 0.3 is 6.18 Å². The fourth-order valence-corrected chi connectivity index (χ4v) is 2.95. The van der Waals surface area contributed by atoms with Crippen LogP contribution in [0, 0.1) is 0 Å². The standard InChI is InChI=1S/C13H15Cl2F3N2.ClH/c14-9-1-2-10(11(15)7-9)12(8-13(16,17)18)20-5-3-19-4-6-20;/h1-2,7,12,19H,3-6,8H2;1H/t12-;/m0./s1. The van der Waals surface area contributed by atoms with Gasteiger partial charge in [0.15, 0.2) is 0 Å². The molecule has 0 bridgehead atoms. The van der Waals surface area contributed by atoms with Crippen molar-refractivity contribution < 1.29 is 13.2 Å². The maximum absolute atomic E-state index is 12.8. The van der Waals surface area contributed by atoms with Crippen molar-refractivity contribution in [3.05, 3.63) is 33.8 Å². The molecule has 120 valence electrons. The van der Waals surface area contributed by atoms with Gasteiger partial charge in [-0.1, -0.05) is 29.3 Å². The molecular formula is C13H16Cl3F3N2. The van der Waals surface area contributed by atoms with E-state index in [-0.39, 0.29) is 17.4 Å². The fraction of sp³-hybridized carbons (Fsp3) is 0.538. The second-order valence-corrected chi connectivity index (χ2v) is 5.63. The van der Waals surface area contributed by atoms with Crippen molar-refractivity contribution >= 4 is 35.6 Å². The molecule has 0 saturated carbocycles. The van der Waals surface area contributed by atoms with Gasteiger partial charge < -0.3 is 5.32 Å². The zero-order chi connectivity index (χ0) is 14.8. The molecule has 1 fully saturated rings. The number of benzene rings is 1. The number of hydrogen-bond donors (Lipinski definition) is 1. The first kappa shape index (κ1) is 18.8. The van der Waals surface area contributed by atoms with E-state index in [0.29, 0.717) is 36.8 Å². The number of hydrogen-bond acceptors (Lipinski definition) is 2. The number of nitrogens with one attached hydrogen (secondary N) is 1. The quantitative estimate of drug-likeness (QED) is 0.860. The lowest BCUT2D eigenvalue weighted by atomic mass is 10.0. The molecule has 21 heavy (non-hydrogen) atoms. The molecule has 0 spiro atoms. The number of rotatable bonds is 3. The first-order valence-corrected chi connectivity index (χ1v) is 7.09. The van der Waals surface area contributed by atoms with E-state index >= 15 is 0 Å². The van der Waals surface area contributed by atoms with Crippen LogP contribution in [0.3, 0.4) is 0 Å². The Kier molecular flexibility index (Phi) is 7.07. The minimum absolute atomic E-state index is 0. The van der Waals surface area contributed by atoms with Gasteiger partial charge in [0, 0.05) is 42.3 Å². The molecule has 0 unspecified atom stereocenters. The molecular weight excluding hydrogens is 348 g/mol. The van der Waals surface area contributed by atoms with Gasteiger partial charge in [-0.2, -0.15) is 13.2 Å². The SMILES string of the molecule is Cl.FC(F)(F)C[C@@H](c1ccc(Cl)cc1Cl)N1CCNCC1. The van der Waals surface area contributed by atoms with Crippen LogP contribution < -0.4 is 5.32 Å². The molecule has 1 aromatic carbocycles. The van der Waals surface area contributed by atoms with Crippen LogP contribution in [0.5, 0.6) is 0 Å². The normalized spacial score (nSPS) is 18.1. The van der Waals surface area contributed by atoms with Gasteiger partial charge in [-0.05, 0) is 17.7 Å². The Morgan fingerprint density at radius 1 is 1.19 bits per heavy atom. The van der Waals surface area contributed by atoms with Crippen molar-refractivity contribution in [2.75, 3.05) is 26.2 Å². The maximum Gasteiger partial charge on any atom is 0.390 e. The number of alkyl halides is 3. The second-order valence-electron chi connectivity index (χ2n) is 4.79. The van der Waals surface area contributed by atoms with Crippen LogP contribution in [0.25, 0.3) is 0 Å². The summed E-state index contributed by atoms with van der Waals surface area (Å²) in [6.45, 7) is 2.50. The zero-order valence-electron chi connectivity index (χ0n) is 11.1. The summed E-state index contributed by atoms with van der Waals surface area (Å²) in [6, 6.07) is 3.89. The minimum Gasteiger partial charge on any atom is -0.314 e. The van der Waals surface area contributed by atoms with E-state index in [1.807, 2.05) is 4.90 Å². The number of piperazine rings is 1. The smallest absolute Gasteiger partial charge is 0.314 e. The summed E-state index contributed by atoms with van der Waals surface area (Å²) in [5.74, 6) is 0. The predicted octanol–water partition coefficient (Wildman–Crippen LogP) is 4.31. The van der Waals surface area contributed by atoms with Crippen molar-refractivity contribution in [2.24, 2.45) is 0 Å². The van der Waals surface area contributed by atoms with Crippen LogP contribution in [0.2, 0.25) is 10.0 Å².